The number of rotatable bonds is 7. The lowest BCUT2D eigenvalue weighted by Crippen LogP contribution is -2.15. The Balaban J connectivity index is 1.53. The van der Waals surface area contributed by atoms with Crippen LogP contribution in [0.4, 0.5) is 0 Å². The smallest absolute Gasteiger partial charge is 0.192 e. The van der Waals surface area contributed by atoms with E-state index in [9.17, 15) is 4.79 Å². The zero-order valence-corrected chi connectivity index (χ0v) is 16.5. The number of carbonyl (C=O) groups excluding carboxylic acids is 1. The molecule has 1 aliphatic rings. The third kappa shape index (κ3) is 3.76. The Morgan fingerprint density at radius 1 is 1.27 bits per heavy atom. The molecule has 6 heteroatoms. The summed E-state index contributed by atoms with van der Waals surface area (Å²) < 4.78 is 2.25. The normalized spacial score (nSPS) is 15.2. The molecule has 0 unspecified atom stereocenters. The standard InChI is InChI=1S/C20H21N3OS2/c1-13-5-7-15(8-6-13)19(24)14(2)26-20-22-21-18(23(20)16-9-10-16)12-17-4-3-11-25-17/h3-8,11,14,16H,9-10,12H2,1-2H3/t14-/m1/s1. The number of aromatic nitrogens is 3. The molecular weight excluding hydrogens is 362 g/mol. The van der Waals surface area contributed by atoms with E-state index in [1.54, 1.807) is 11.3 Å². The zero-order valence-electron chi connectivity index (χ0n) is 14.9. The van der Waals surface area contributed by atoms with Crippen LogP contribution in [0, 0.1) is 6.92 Å². The second-order valence-corrected chi connectivity index (χ2v) is 9.09. The van der Waals surface area contributed by atoms with Gasteiger partial charge in [0.2, 0.25) is 0 Å². The van der Waals surface area contributed by atoms with Crippen molar-refractivity contribution in [1.29, 1.82) is 0 Å². The van der Waals surface area contributed by atoms with Gasteiger partial charge in [0.25, 0.3) is 0 Å². The van der Waals surface area contributed by atoms with Crippen molar-refractivity contribution < 1.29 is 4.79 Å². The third-order valence-electron chi connectivity index (χ3n) is 4.55. The van der Waals surface area contributed by atoms with Gasteiger partial charge in [0.05, 0.1) is 5.25 Å². The summed E-state index contributed by atoms with van der Waals surface area (Å²) in [7, 11) is 0. The Bertz CT molecular complexity index is 896. The van der Waals surface area contributed by atoms with Gasteiger partial charge in [-0.1, -0.05) is 47.7 Å². The molecule has 3 aromatic rings. The molecule has 1 fully saturated rings. The van der Waals surface area contributed by atoms with Crippen molar-refractivity contribution in [1.82, 2.24) is 14.8 Å². The van der Waals surface area contributed by atoms with E-state index in [1.807, 2.05) is 38.1 Å². The molecule has 0 radical (unpaired) electrons. The van der Waals surface area contributed by atoms with E-state index in [2.05, 4.69) is 32.3 Å². The van der Waals surface area contributed by atoms with Gasteiger partial charge >= 0.3 is 0 Å². The minimum Gasteiger partial charge on any atom is -0.303 e. The number of thioether (sulfide) groups is 1. The first-order chi connectivity index (χ1) is 12.6. The van der Waals surface area contributed by atoms with E-state index < -0.39 is 0 Å². The highest BCUT2D eigenvalue weighted by Gasteiger charge is 2.31. The van der Waals surface area contributed by atoms with Crippen molar-refractivity contribution in [3.63, 3.8) is 0 Å². The number of hydrogen-bond acceptors (Lipinski definition) is 5. The topological polar surface area (TPSA) is 47.8 Å². The van der Waals surface area contributed by atoms with Crippen LogP contribution in [0.15, 0.2) is 46.9 Å². The summed E-state index contributed by atoms with van der Waals surface area (Å²) in [6.45, 7) is 3.98. The Labute approximate surface area is 161 Å². The highest BCUT2D eigenvalue weighted by molar-refractivity contribution is 8.00. The summed E-state index contributed by atoms with van der Waals surface area (Å²) >= 11 is 3.27. The SMILES string of the molecule is Cc1ccc(C(=O)[C@@H](C)Sc2nnc(Cc3cccs3)n2C2CC2)cc1. The molecule has 0 aliphatic heterocycles. The number of hydrogen-bond donors (Lipinski definition) is 0. The highest BCUT2D eigenvalue weighted by Crippen LogP contribution is 2.40. The van der Waals surface area contributed by atoms with Crippen LogP contribution < -0.4 is 0 Å². The molecule has 4 nitrogen and oxygen atoms in total. The minimum absolute atomic E-state index is 0.139. The molecule has 26 heavy (non-hydrogen) atoms. The molecular formula is C20H21N3OS2. The van der Waals surface area contributed by atoms with Crippen molar-refractivity contribution in [3.8, 4) is 0 Å². The predicted molar refractivity (Wildman–Crippen MR) is 106 cm³/mol. The van der Waals surface area contributed by atoms with Crippen molar-refractivity contribution in [2.45, 2.75) is 49.6 Å². The number of aryl methyl sites for hydroxylation is 1. The van der Waals surface area contributed by atoms with Gasteiger partial charge in [-0.2, -0.15) is 0 Å². The first kappa shape index (κ1) is 17.5. The van der Waals surface area contributed by atoms with E-state index in [4.69, 9.17) is 0 Å². The first-order valence-electron chi connectivity index (χ1n) is 8.85. The predicted octanol–water partition coefficient (Wildman–Crippen LogP) is 4.94. The van der Waals surface area contributed by atoms with Gasteiger partial charge in [-0.25, -0.2) is 0 Å². The molecule has 0 bridgehead atoms. The van der Waals surface area contributed by atoms with Gasteiger partial charge in [0, 0.05) is 22.9 Å². The Hall–Kier alpha value is -1.92. The molecule has 0 N–H and O–H groups in total. The monoisotopic (exact) mass is 383 g/mol. The van der Waals surface area contributed by atoms with Gasteiger partial charge < -0.3 is 4.57 Å². The average molecular weight is 384 g/mol. The van der Waals surface area contributed by atoms with Crippen LogP contribution in [0.25, 0.3) is 0 Å². The number of nitrogens with zero attached hydrogens (tertiary/aromatic N) is 3. The molecule has 0 saturated heterocycles. The van der Waals surface area contributed by atoms with E-state index in [1.165, 1.54) is 29.5 Å². The second-order valence-electron chi connectivity index (χ2n) is 6.75. The number of Topliss-reactive ketones (excluding diaryl/α,β-unsaturated/α-hetero) is 1. The number of thiophene rings is 1. The maximum atomic E-state index is 12.7. The molecule has 2 aromatic heterocycles. The van der Waals surface area contributed by atoms with E-state index in [-0.39, 0.29) is 11.0 Å². The molecule has 0 amide bonds. The van der Waals surface area contributed by atoms with Crippen molar-refractivity contribution in [3.05, 3.63) is 63.6 Å². The molecule has 1 aliphatic carbocycles. The molecule has 2 heterocycles. The molecule has 1 aromatic carbocycles. The van der Waals surface area contributed by atoms with Crippen LogP contribution in [-0.4, -0.2) is 25.8 Å². The van der Waals surface area contributed by atoms with Crippen LogP contribution in [0.3, 0.4) is 0 Å². The highest BCUT2D eigenvalue weighted by atomic mass is 32.2. The third-order valence-corrected chi connectivity index (χ3v) is 6.48. The summed E-state index contributed by atoms with van der Waals surface area (Å²) in [6, 6.07) is 12.5. The van der Waals surface area contributed by atoms with Gasteiger partial charge in [0.15, 0.2) is 10.9 Å². The van der Waals surface area contributed by atoms with Crippen molar-refractivity contribution >= 4 is 28.9 Å². The van der Waals surface area contributed by atoms with Crippen molar-refractivity contribution in [2.24, 2.45) is 0 Å². The number of ketones is 1. The van der Waals surface area contributed by atoms with Gasteiger partial charge in [0.1, 0.15) is 5.82 Å². The quantitative estimate of drug-likeness (QED) is 0.428. The lowest BCUT2D eigenvalue weighted by molar-refractivity contribution is 0.0994. The summed E-state index contributed by atoms with van der Waals surface area (Å²) in [5, 5.41) is 11.6. The summed E-state index contributed by atoms with van der Waals surface area (Å²) in [5.41, 5.74) is 1.92. The maximum Gasteiger partial charge on any atom is 0.192 e. The second kappa shape index (κ2) is 7.37. The van der Waals surface area contributed by atoms with Gasteiger partial charge in [-0.3, -0.25) is 4.79 Å². The van der Waals surface area contributed by atoms with Crippen LogP contribution in [0.1, 0.15) is 52.4 Å². The van der Waals surface area contributed by atoms with Gasteiger partial charge in [-0.15, -0.1) is 21.5 Å². The zero-order chi connectivity index (χ0) is 18.1. The van der Waals surface area contributed by atoms with E-state index in [0.717, 1.165) is 28.5 Å². The van der Waals surface area contributed by atoms with E-state index in [0.29, 0.717) is 6.04 Å². The molecule has 1 saturated carbocycles. The van der Waals surface area contributed by atoms with Crippen molar-refractivity contribution in [2.75, 3.05) is 0 Å². The molecule has 1 atom stereocenters. The average Bonchev–Trinajstić information content (AvgIpc) is 3.20. The largest absolute Gasteiger partial charge is 0.303 e. The summed E-state index contributed by atoms with van der Waals surface area (Å²) in [6.07, 6.45) is 3.15. The lowest BCUT2D eigenvalue weighted by atomic mass is 10.1. The lowest BCUT2D eigenvalue weighted by Gasteiger charge is -2.12. The van der Waals surface area contributed by atoms with E-state index >= 15 is 0 Å². The van der Waals surface area contributed by atoms with Crippen LogP contribution in [0.5, 0.6) is 0 Å². The number of benzene rings is 1. The molecule has 134 valence electrons. The van der Waals surface area contributed by atoms with Gasteiger partial charge in [-0.05, 0) is 38.1 Å². The van der Waals surface area contributed by atoms with Crippen LogP contribution >= 0.6 is 23.1 Å². The first-order valence-corrected chi connectivity index (χ1v) is 10.6. The van der Waals surface area contributed by atoms with Crippen LogP contribution in [0.2, 0.25) is 0 Å². The fourth-order valence-corrected chi connectivity index (χ4v) is 4.66. The minimum atomic E-state index is -0.186. The Morgan fingerprint density at radius 3 is 2.69 bits per heavy atom. The van der Waals surface area contributed by atoms with Crippen LogP contribution in [-0.2, 0) is 6.42 Å². The fourth-order valence-electron chi connectivity index (χ4n) is 2.94. The number of carbonyl (C=O) groups is 1. The summed E-state index contributed by atoms with van der Waals surface area (Å²) in [5.74, 6) is 1.15. The maximum absolute atomic E-state index is 12.7. The fraction of sp³-hybridized carbons (Fsp3) is 0.350. The Morgan fingerprint density at radius 2 is 2.04 bits per heavy atom. The molecule has 0 spiro atoms. The molecule has 4 rings (SSSR count). The summed E-state index contributed by atoms with van der Waals surface area (Å²) in [4.78, 5) is 14.0. The Kier molecular flexibility index (Phi) is 4.96.